The van der Waals surface area contributed by atoms with E-state index in [9.17, 15) is 4.79 Å². The van der Waals surface area contributed by atoms with Crippen LogP contribution in [0.5, 0.6) is 0 Å². The number of rotatable bonds is 4. The first-order valence-corrected chi connectivity index (χ1v) is 6.20. The monoisotopic (exact) mass is 236 g/mol. The molecule has 2 unspecified atom stereocenters. The highest BCUT2D eigenvalue weighted by Crippen LogP contribution is 2.30. The number of carbonyl (C=O) groups excluding carboxylic acids is 1. The topological polar surface area (TPSA) is 83.8 Å². The molecule has 0 aromatic carbocycles. The summed E-state index contributed by atoms with van der Waals surface area (Å²) in [5, 5.41) is 9.59. The molecule has 1 heterocycles. The number of aromatic nitrogens is 2. The molecule has 5 heteroatoms. The van der Waals surface area contributed by atoms with Crippen LogP contribution < -0.4 is 11.1 Å². The highest BCUT2D eigenvalue weighted by atomic mass is 16.1. The summed E-state index contributed by atoms with van der Waals surface area (Å²) in [6.07, 6.45) is 5.17. The lowest BCUT2D eigenvalue weighted by Gasteiger charge is -2.18. The van der Waals surface area contributed by atoms with Gasteiger partial charge in [0.1, 0.15) is 0 Å². The molecule has 94 valence electrons. The maximum Gasteiger partial charge on any atom is 0.254 e. The maximum atomic E-state index is 11.9. The number of nitrogens with one attached hydrogen (secondary N) is 2. The Balaban J connectivity index is 1.86. The van der Waals surface area contributed by atoms with Crippen LogP contribution in [0.25, 0.3) is 0 Å². The zero-order chi connectivity index (χ0) is 12.3. The molecule has 2 atom stereocenters. The molecule has 1 aliphatic carbocycles. The van der Waals surface area contributed by atoms with E-state index in [-0.39, 0.29) is 5.91 Å². The maximum absolute atomic E-state index is 11.9. The summed E-state index contributed by atoms with van der Waals surface area (Å²) in [6, 6.07) is 0. The fourth-order valence-corrected chi connectivity index (χ4v) is 2.59. The first kappa shape index (κ1) is 12.1. The summed E-state index contributed by atoms with van der Waals surface area (Å²) in [6.45, 7) is 3.30. The number of hydrogen-bond donors (Lipinski definition) is 3. The van der Waals surface area contributed by atoms with Gasteiger partial charge in [-0.15, -0.1) is 0 Å². The van der Waals surface area contributed by atoms with Crippen molar-refractivity contribution < 1.29 is 4.79 Å². The van der Waals surface area contributed by atoms with Crippen molar-refractivity contribution in [3.63, 3.8) is 0 Å². The van der Waals surface area contributed by atoms with E-state index in [1.165, 1.54) is 19.3 Å². The van der Waals surface area contributed by atoms with E-state index in [0.717, 1.165) is 18.8 Å². The van der Waals surface area contributed by atoms with Crippen LogP contribution in [0, 0.1) is 18.8 Å². The van der Waals surface area contributed by atoms with E-state index >= 15 is 0 Å². The average molecular weight is 236 g/mol. The molecule has 1 saturated carbocycles. The summed E-state index contributed by atoms with van der Waals surface area (Å²) in [5.74, 6) is 1.07. The fourth-order valence-electron chi connectivity index (χ4n) is 2.59. The smallest absolute Gasteiger partial charge is 0.254 e. The second-order valence-electron chi connectivity index (χ2n) is 4.81. The quantitative estimate of drug-likeness (QED) is 0.723. The second kappa shape index (κ2) is 5.31. The molecule has 0 aliphatic heterocycles. The molecule has 1 aromatic heterocycles. The van der Waals surface area contributed by atoms with E-state index in [4.69, 9.17) is 5.73 Å². The van der Waals surface area contributed by atoms with Crippen molar-refractivity contribution in [2.45, 2.75) is 26.2 Å². The largest absolute Gasteiger partial charge is 0.352 e. The number of carbonyl (C=O) groups is 1. The zero-order valence-electron chi connectivity index (χ0n) is 10.2. The predicted octanol–water partition coefficient (Wildman–Crippen LogP) is 0.823. The van der Waals surface area contributed by atoms with Crippen LogP contribution in [0.15, 0.2) is 6.20 Å². The summed E-state index contributed by atoms with van der Waals surface area (Å²) in [5.41, 5.74) is 7.16. The summed E-state index contributed by atoms with van der Waals surface area (Å²) in [4.78, 5) is 11.9. The van der Waals surface area contributed by atoms with Gasteiger partial charge in [0.05, 0.1) is 11.8 Å². The van der Waals surface area contributed by atoms with Crippen molar-refractivity contribution in [1.82, 2.24) is 15.5 Å². The van der Waals surface area contributed by atoms with Crippen LogP contribution in [0.2, 0.25) is 0 Å². The molecule has 0 saturated heterocycles. The van der Waals surface area contributed by atoms with E-state index in [1.807, 2.05) is 6.92 Å². The Kier molecular flexibility index (Phi) is 3.78. The molecular weight excluding hydrogens is 216 g/mol. The first-order valence-electron chi connectivity index (χ1n) is 6.20. The van der Waals surface area contributed by atoms with Crippen molar-refractivity contribution >= 4 is 5.91 Å². The summed E-state index contributed by atoms with van der Waals surface area (Å²) >= 11 is 0. The van der Waals surface area contributed by atoms with Crippen molar-refractivity contribution in [3.8, 4) is 0 Å². The van der Waals surface area contributed by atoms with Gasteiger partial charge in [-0.2, -0.15) is 5.10 Å². The lowest BCUT2D eigenvalue weighted by atomic mass is 9.96. The van der Waals surface area contributed by atoms with Crippen molar-refractivity contribution in [2.24, 2.45) is 17.6 Å². The van der Waals surface area contributed by atoms with E-state index in [2.05, 4.69) is 15.5 Å². The molecule has 1 fully saturated rings. The Bertz CT molecular complexity index is 388. The van der Waals surface area contributed by atoms with Crippen LogP contribution >= 0.6 is 0 Å². The normalized spacial score (nSPS) is 23.9. The van der Waals surface area contributed by atoms with Crippen molar-refractivity contribution in [2.75, 3.05) is 13.1 Å². The van der Waals surface area contributed by atoms with Gasteiger partial charge in [0, 0.05) is 12.2 Å². The van der Waals surface area contributed by atoms with Crippen LogP contribution in [-0.2, 0) is 0 Å². The van der Waals surface area contributed by atoms with Crippen LogP contribution in [0.1, 0.15) is 35.3 Å². The molecule has 5 nitrogen and oxygen atoms in total. The first-order chi connectivity index (χ1) is 8.22. The average Bonchev–Trinajstić information content (AvgIpc) is 2.94. The standard InChI is InChI=1S/C12H20N4O/c1-8-11(7-15-16-8)12(17)14-6-10-4-2-3-9(10)5-13/h7,9-10H,2-6,13H2,1H3,(H,14,17)(H,15,16). The third kappa shape index (κ3) is 2.66. The minimum absolute atomic E-state index is 0.0427. The second-order valence-corrected chi connectivity index (χ2v) is 4.81. The van der Waals surface area contributed by atoms with E-state index in [1.54, 1.807) is 6.20 Å². The molecule has 1 aliphatic rings. The lowest BCUT2D eigenvalue weighted by Crippen LogP contribution is -2.33. The Labute approximate surface area is 101 Å². The molecule has 17 heavy (non-hydrogen) atoms. The predicted molar refractivity (Wildman–Crippen MR) is 65.5 cm³/mol. The molecule has 0 bridgehead atoms. The molecule has 0 spiro atoms. The van der Waals surface area contributed by atoms with Gasteiger partial charge >= 0.3 is 0 Å². The van der Waals surface area contributed by atoms with Gasteiger partial charge in [-0.05, 0) is 38.1 Å². The number of hydrogen-bond acceptors (Lipinski definition) is 3. The fraction of sp³-hybridized carbons (Fsp3) is 0.667. The highest BCUT2D eigenvalue weighted by Gasteiger charge is 2.26. The molecule has 4 N–H and O–H groups in total. The third-order valence-electron chi connectivity index (χ3n) is 3.72. The van der Waals surface area contributed by atoms with Gasteiger partial charge in [-0.1, -0.05) is 6.42 Å². The molecule has 1 amide bonds. The summed E-state index contributed by atoms with van der Waals surface area (Å²) < 4.78 is 0. The summed E-state index contributed by atoms with van der Waals surface area (Å²) in [7, 11) is 0. The number of nitrogens with two attached hydrogens (primary N) is 1. The number of nitrogens with zero attached hydrogens (tertiary/aromatic N) is 1. The van der Waals surface area contributed by atoms with Crippen molar-refractivity contribution in [1.29, 1.82) is 0 Å². The highest BCUT2D eigenvalue weighted by molar-refractivity contribution is 5.94. The van der Waals surface area contributed by atoms with Gasteiger partial charge in [-0.3, -0.25) is 9.89 Å². The molecule has 2 rings (SSSR count). The molecule has 1 aromatic rings. The van der Waals surface area contributed by atoms with Crippen molar-refractivity contribution in [3.05, 3.63) is 17.5 Å². The van der Waals surface area contributed by atoms with Gasteiger partial charge in [0.15, 0.2) is 0 Å². The van der Waals surface area contributed by atoms with Gasteiger partial charge in [0.25, 0.3) is 5.91 Å². The van der Waals surface area contributed by atoms with E-state index < -0.39 is 0 Å². The van der Waals surface area contributed by atoms with Crippen LogP contribution in [-0.4, -0.2) is 29.2 Å². The number of aryl methyl sites for hydroxylation is 1. The van der Waals surface area contributed by atoms with E-state index in [0.29, 0.717) is 17.4 Å². The lowest BCUT2D eigenvalue weighted by molar-refractivity contribution is 0.0943. The number of aromatic amines is 1. The molecular formula is C12H20N4O. The van der Waals surface area contributed by atoms with Gasteiger partial charge in [0.2, 0.25) is 0 Å². The minimum Gasteiger partial charge on any atom is -0.352 e. The SMILES string of the molecule is Cc1[nH]ncc1C(=O)NCC1CCCC1CN. The Hall–Kier alpha value is -1.36. The third-order valence-corrected chi connectivity index (χ3v) is 3.72. The van der Waals surface area contributed by atoms with Gasteiger partial charge in [-0.25, -0.2) is 0 Å². The Morgan fingerprint density at radius 3 is 3.00 bits per heavy atom. The number of amides is 1. The van der Waals surface area contributed by atoms with Gasteiger partial charge < -0.3 is 11.1 Å². The Morgan fingerprint density at radius 2 is 2.35 bits per heavy atom. The Morgan fingerprint density at radius 1 is 1.59 bits per heavy atom. The zero-order valence-corrected chi connectivity index (χ0v) is 10.2. The number of H-pyrrole nitrogens is 1. The van der Waals surface area contributed by atoms with Crippen LogP contribution in [0.4, 0.5) is 0 Å². The molecule has 0 radical (unpaired) electrons. The minimum atomic E-state index is -0.0427. The van der Waals surface area contributed by atoms with Crippen LogP contribution in [0.3, 0.4) is 0 Å².